The first-order valence-corrected chi connectivity index (χ1v) is 8.82. The summed E-state index contributed by atoms with van der Waals surface area (Å²) >= 11 is 0. The van der Waals surface area contributed by atoms with Gasteiger partial charge in [0, 0.05) is 30.3 Å². The summed E-state index contributed by atoms with van der Waals surface area (Å²) in [6.07, 6.45) is 2.47. The molecule has 132 valence electrons. The van der Waals surface area contributed by atoms with Gasteiger partial charge in [0.1, 0.15) is 5.82 Å². The predicted molar refractivity (Wildman–Crippen MR) is 94.4 cm³/mol. The number of aromatic nitrogens is 3. The van der Waals surface area contributed by atoms with Crippen LogP contribution in [0.2, 0.25) is 0 Å². The standard InChI is InChI=1S/C18H23N5O2/c1-11-9-23(10-12(2)25-11)18(24)19-15-5-3-4-14(8-15)17-20-16(21-22-17)13-6-7-13/h3-5,8,11-13H,6-7,9-10H2,1-2H3,(H,19,24)(H,20,21,22). The Morgan fingerprint density at radius 1 is 1.28 bits per heavy atom. The Labute approximate surface area is 146 Å². The molecule has 7 heteroatoms. The van der Waals surface area contributed by atoms with Gasteiger partial charge in [-0.25, -0.2) is 9.78 Å². The zero-order valence-corrected chi connectivity index (χ0v) is 14.5. The van der Waals surface area contributed by atoms with Crippen LogP contribution < -0.4 is 5.32 Å². The van der Waals surface area contributed by atoms with E-state index in [9.17, 15) is 4.79 Å². The van der Waals surface area contributed by atoms with Crippen molar-refractivity contribution in [2.45, 2.75) is 44.8 Å². The summed E-state index contributed by atoms with van der Waals surface area (Å²) in [7, 11) is 0. The van der Waals surface area contributed by atoms with E-state index in [4.69, 9.17) is 4.74 Å². The summed E-state index contributed by atoms with van der Waals surface area (Å²) in [5.74, 6) is 2.17. The number of benzene rings is 1. The molecule has 2 aliphatic rings. The minimum absolute atomic E-state index is 0.0509. The van der Waals surface area contributed by atoms with E-state index in [1.165, 1.54) is 12.8 Å². The lowest BCUT2D eigenvalue weighted by atomic mass is 10.2. The molecule has 1 aliphatic carbocycles. The number of carbonyl (C=O) groups excluding carboxylic acids is 1. The van der Waals surface area contributed by atoms with Gasteiger partial charge < -0.3 is 15.0 Å². The van der Waals surface area contributed by atoms with E-state index < -0.39 is 0 Å². The maximum atomic E-state index is 12.5. The zero-order chi connectivity index (χ0) is 17.4. The molecule has 4 rings (SSSR count). The highest BCUT2D eigenvalue weighted by Gasteiger charge is 2.28. The lowest BCUT2D eigenvalue weighted by Gasteiger charge is -2.35. The third-order valence-corrected chi connectivity index (χ3v) is 4.55. The molecule has 1 saturated heterocycles. The van der Waals surface area contributed by atoms with E-state index in [1.807, 2.05) is 38.1 Å². The summed E-state index contributed by atoms with van der Waals surface area (Å²) in [6, 6.07) is 7.54. The van der Waals surface area contributed by atoms with Gasteiger partial charge in [0.2, 0.25) is 0 Å². The van der Waals surface area contributed by atoms with Gasteiger partial charge in [-0.15, -0.1) is 0 Å². The van der Waals surface area contributed by atoms with Gasteiger partial charge in [-0.1, -0.05) is 12.1 Å². The summed E-state index contributed by atoms with van der Waals surface area (Å²) in [5, 5.41) is 10.3. The Balaban J connectivity index is 1.46. The lowest BCUT2D eigenvalue weighted by Crippen LogP contribution is -2.49. The second kappa shape index (κ2) is 6.48. The molecule has 1 saturated carbocycles. The first kappa shape index (κ1) is 16.1. The number of aromatic amines is 1. The minimum Gasteiger partial charge on any atom is -0.372 e. The van der Waals surface area contributed by atoms with Gasteiger partial charge >= 0.3 is 6.03 Å². The minimum atomic E-state index is -0.104. The average molecular weight is 341 g/mol. The molecule has 2 heterocycles. The Kier molecular flexibility index (Phi) is 4.17. The number of ether oxygens (including phenoxy) is 1. The molecular weight excluding hydrogens is 318 g/mol. The van der Waals surface area contributed by atoms with Crippen molar-refractivity contribution >= 4 is 11.7 Å². The number of anilines is 1. The molecule has 2 atom stereocenters. The molecule has 7 nitrogen and oxygen atoms in total. The monoisotopic (exact) mass is 341 g/mol. The van der Waals surface area contributed by atoms with Gasteiger partial charge in [0.25, 0.3) is 0 Å². The lowest BCUT2D eigenvalue weighted by molar-refractivity contribution is -0.0530. The smallest absolute Gasteiger partial charge is 0.322 e. The van der Waals surface area contributed by atoms with Crippen LogP contribution in [0, 0.1) is 0 Å². The number of amides is 2. The van der Waals surface area contributed by atoms with E-state index in [1.54, 1.807) is 4.90 Å². The molecule has 1 aliphatic heterocycles. The Hall–Kier alpha value is -2.41. The number of hydrogen-bond donors (Lipinski definition) is 2. The summed E-state index contributed by atoms with van der Waals surface area (Å²) < 4.78 is 5.68. The number of carbonyl (C=O) groups is 1. The predicted octanol–water partition coefficient (Wildman–Crippen LogP) is 2.99. The molecule has 2 N–H and O–H groups in total. The highest BCUT2D eigenvalue weighted by molar-refractivity contribution is 5.90. The third-order valence-electron chi connectivity index (χ3n) is 4.55. The molecule has 2 aromatic rings. The van der Waals surface area contributed by atoms with Crippen LogP contribution in [0.5, 0.6) is 0 Å². The maximum Gasteiger partial charge on any atom is 0.322 e. The third kappa shape index (κ3) is 3.66. The Bertz CT molecular complexity index is 760. The highest BCUT2D eigenvalue weighted by Crippen LogP contribution is 2.38. The van der Waals surface area contributed by atoms with Crippen molar-refractivity contribution in [3.63, 3.8) is 0 Å². The van der Waals surface area contributed by atoms with Crippen molar-refractivity contribution in [1.82, 2.24) is 20.1 Å². The van der Waals surface area contributed by atoms with E-state index in [0.717, 1.165) is 17.1 Å². The molecule has 1 aromatic heterocycles. The quantitative estimate of drug-likeness (QED) is 0.899. The topological polar surface area (TPSA) is 83.1 Å². The van der Waals surface area contributed by atoms with E-state index >= 15 is 0 Å². The number of nitrogens with one attached hydrogen (secondary N) is 2. The normalized spacial score (nSPS) is 23.5. The number of rotatable bonds is 3. The Morgan fingerprint density at radius 3 is 2.76 bits per heavy atom. The molecule has 25 heavy (non-hydrogen) atoms. The van der Waals surface area contributed by atoms with Crippen LogP contribution in [-0.4, -0.2) is 51.4 Å². The zero-order valence-electron chi connectivity index (χ0n) is 14.5. The second-order valence-corrected chi connectivity index (χ2v) is 6.99. The second-order valence-electron chi connectivity index (χ2n) is 6.99. The largest absolute Gasteiger partial charge is 0.372 e. The Morgan fingerprint density at radius 2 is 2.04 bits per heavy atom. The number of urea groups is 1. The first-order valence-electron chi connectivity index (χ1n) is 8.82. The fourth-order valence-corrected chi connectivity index (χ4v) is 3.23. The molecule has 0 radical (unpaired) electrons. The van der Waals surface area contributed by atoms with Crippen LogP contribution in [0.15, 0.2) is 24.3 Å². The van der Waals surface area contributed by atoms with E-state index in [2.05, 4.69) is 20.5 Å². The van der Waals surface area contributed by atoms with Gasteiger partial charge in [0.05, 0.1) is 12.2 Å². The fourth-order valence-electron chi connectivity index (χ4n) is 3.23. The SMILES string of the molecule is CC1CN(C(=O)Nc2cccc(-c3n[nH]c(C4CC4)n3)c2)CC(C)O1. The van der Waals surface area contributed by atoms with Crippen LogP contribution in [0.3, 0.4) is 0 Å². The molecule has 1 aromatic carbocycles. The molecule has 2 amide bonds. The van der Waals surface area contributed by atoms with Crippen molar-refractivity contribution in [2.24, 2.45) is 0 Å². The van der Waals surface area contributed by atoms with Gasteiger partial charge in [0.15, 0.2) is 5.82 Å². The van der Waals surface area contributed by atoms with Crippen molar-refractivity contribution in [1.29, 1.82) is 0 Å². The van der Waals surface area contributed by atoms with Gasteiger partial charge in [-0.2, -0.15) is 5.10 Å². The summed E-state index contributed by atoms with van der Waals surface area (Å²) in [6.45, 7) is 5.16. The van der Waals surface area contributed by atoms with E-state index in [-0.39, 0.29) is 18.2 Å². The first-order chi connectivity index (χ1) is 12.1. The summed E-state index contributed by atoms with van der Waals surface area (Å²) in [5.41, 5.74) is 1.64. The van der Waals surface area contributed by atoms with Crippen LogP contribution >= 0.6 is 0 Å². The fraction of sp³-hybridized carbons (Fsp3) is 0.500. The molecule has 2 unspecified atom stereocenters. The molecule has 2 fully saturated rings. The van der Waals surface area contributed by atoms with Crippen molar-refractivity contribution < 1.29 is 9.53 Å². The number of nitrogens with zero attached hydrogens (tertiary/aromatic N) is 3. The van der Waals surface area contributed by atoms with E-state index in [0.29, 0.717) is 24.8 Å². The molecular formula is C18H23N5O2. The van der Waals surface area contributed by atoms with Crippen LogP contribution in [0.4, 0.5) is 10.5 Å². The maximum absolute atomic E-state index is 12.5. The van der Waals surface area contributed by atoms with Crippen molar-refractivity contribution in [3.05, 3.63) is 30.1 Å². The molecule has 0 spiro atoms. The number of hydrogen-bond acceptors (Lipinski definition) is 4. The van der Waals surface area contributed by atoms with Crippen molar-refractivity contribution in [3.8, 4) is 11.4 Å². The number of morpholine rings is 1. The number of H-pyrrole nitrogens is 1. The van der Waals surface area contributed by atoms with Crippen LogP contribution in [0.25, 0.3) is 11.4 Å². The summed E-state index contributed by atoms with van der Waals surface area (Å²) in [4.78, 5) is 18.9. The highest BCUT2D eigenvalue weighted by atomic mass is 16.5. The van der Waals surface area contributed by atoms with Gasteiger partial charge in [-0.3, -0.25) is 5.10 Å². The van der Waals surface area contributed by atoms with Crippen LogP contribution in [-0.2, 0) is 4.74 Å². The molecule has 0 bridgehead atoms. The van der Waals surface area contributed by atoms with Crippen molar-refractivity contribution in [2.75, 3.05) is 18.4 Å². The van der Waals surface area contributed by atoms with Crippen LogP contribution in [0.1, 0.15) is 38.4 Å². The average Bonchev–Trinajstić information content (AvgIpc) is 3.31. The van der Waals surface area contributed by atoms with Gasteiger partial charge in [-0.05, 0) is 38.8 Å².